The largest absolute Gasteiger partial charge is 0.354 e. The van der Waals surface area contributed by atoms with Crippen molar-refractivity contribution in [1.82, 2.24) is 14.9 Å². The molecule has 0 spiro atoms. The third-order valence-corrected chi connectivity index (χ3v) is 3.59. The molecule has 0 saturated heterocycles. The average Bonchev–Trinajstić information content (AvgIpc) is 2.60. The Morgan fingerprint density at radius 3 is 2.38 bits per heavy atom. The second-order valence-corrected chi connectivity index (χ2v) is 5.76. The first-order chi connectivity index (χ1) is 11.6. The van der Waals surface area contributed by atoms with E-state index in [4.69, 9.17) is 0 Å². The molecule has 1 N–H and O–H groups in total. The van der Waals surface area contributed by atoms with Gasteiger partial charge in [-0.15, -0.1) is 0 Å². The number of amides is 1. The van der Waals surface area contributed by atoms with E-state index in [1.807, 2.05) is 51.4 Å². The normalized spacial score (nSPS) is 10.7. The van der Waals surface area contributed by atoms with Crippen LogP contribution in [0.3, 0.4) is 0 Å². The molecule has 0 saturated carbocycles. The zero-order valence-electron chi connectivity index (χ0n) is 14.6. The van der Waals surface area contributed by atoms with Crippen LogP contribution in [0.5, 0.6) is 0 Å². The summed E-state index contributed by atoms with van der Waals surface area (Å²) in [6, 6.07) is 9.61. The lowest BCUT2D eigenvalue weighted by Gasteiger charge is -2.20. The fourth-order valence-corrected chi connectivity index (χ4v) is 2.33. The lowest BCUT2D eigenvalue weighted by molar-refractivity contribution is 0.0987. The number of anilines is 2. The van der Waals surface area contributed by atoms with Gasteiger partial charge in [0.1, 0.15) is 0 Å². The van der Waals surface area contributed by atoms with Crippen molar-refractivity contribution in [3.63, 3.8) is 0 Å². The molecule has 6 heteroatoms. The third-order valence-electron chi connectivity index (χ3n) is 3.59. The van der Waals surface area contributed by atoms with Gasteiger partial charge in [-0.2, -0.15) is 0 Å². The van der Waals surface area contributed by atoms with E-state index in [-0.39, 0.29) is 5.91 Å². The van der Waals surface area contributed by atoms with Crippen LogP contribution < -0.4 is 10.2 Å². The predicted octanol–water partition coefficient (Wildman–Crippen LogP) is 2.51. The molecule has 0 fully saturated rings. The highest BCUT2D eigenvalue weighted by molar-refractivity contribution is 6.05. The smallest absolute Gasteiger partial charge is 0.261 e. The van der Waals surface area contributed by atoms with E-state index in [9.17, 15) is 4.79 Å². The van der Waals surface area contributed by atoms with Crippen molar-refractivity contribution in [2.75, 3.05) is 43.9 Å². The number of benzene rings is 1. The molecule has 1 aromatic carbocycles. The molecule has 0 aliphatic rings. The highest BCUT2D eigenvalue weighted by Crippen LogP contribution is 2.16. The molecule has 0 unspecified atom stereocenters. The van der Waals surface area contributed by atoms with Crippen molar-refractivity contribution in [2.24, 2.45) is 0 Å². The van der Waals surface area contributed by atoms with Crippen LogP contribution in [0.2, 0.25) is 0 Å². The van der Waals surface area contributed by atoms with Crippen molar-refractivity contribution < 1.29 is 4.79 Å². The molecule has 0 bridgehead atoms. The highest BCUT2D eigenvalue weighted by Gasteiger charge is 2.16. The Hall–Kier alpha value is -2.47. The zero-order chi connectivity index (χ0) is 17.4. The molecule has 1 heterocycles. The Balaban J connectivity index is 1.97. The molecular weight excluding hydrogens is 302 g/mol. The van der Waals surface area contributed by atoms with Gasteiger partial charge in [-0.05, 0) is 46.1 Å². The number of nitrogens with zero attached hydrogens (tertiary/aromatic N) is 4. The molecule has 128 valence electrons. The lowest BCUT2D eigenvalue weighted by Crippen LogP contribution is -2.30. The molecule has 1 amide bonds. The van der Waals surface area contributed by atoms with Crippen molar-refractivity contribution in [1.29, 1.82) is 0 Å². The summed E-state index contributed by atoms with van der Waals surface area (Å²) < 4.78 is 0. The fraction of sp³-hybridized carbons (Fsp3) is 0.389. The summed E-state index contributed by atoms with van der Waals surface area (Å²) in [5.41, 5.74) is 1.36. The summed E-state index contributed by atoms with van der Waals surface area (Å²) in [6.45, 7) is 4.35. The van der Waals surface area contributed by atoms with Crippen LogP contribution in [-0.4, -0.2) is 54.5 Å². The van der Waals surface area contributed by atoms with Gasteiger partial charge >= 0.3 is 0 Å². The van der Waals surface area contributed by atoms with Crippen molar-refractivity contribution >= 4 is 17.5 Å². The van der Waals surface area contributed by atoms with E-state index >= 15 is 0 Å². The van der Waals surface area contributed by atoms with Gasteiger partial charge in [-0.25, -0.2) is 9.97 Å². The van der Waals surface area contributed by atoms with Crippen LogP contribution in [0.1, 0.15) is 23.7 Å². The van der Waals surface area contributed by atoms with Gasteiger partial charge in [0, 0.05) is 31.2 Å². The molecule has 1 aromatic heterocycles. The first-order valence-corrected chi connectivity index (χ1v) is 8.19. The maximum atomic E-state index is 12.6. The summed E-state index contributed by atoms with van der Waals surface area (Å²) in [6.07, 6.45) is 4.17. The van der Waals surface area contributed by atoms with E-state index in [0.29, 0.717) is 18.1 Å². The number of aromatic nitrogens is 2. The molecule has 2 rings (SSSR count). The van der Waals surface area contributed by atoms with Crippen molar-refractivity contribution in [3.8, 4) is 0 Å². The summed E-state index contributed by atoms with van der Waals surface area (Å²) in [5, 5.41) is 3.17. The molecule has 2 aromatic rings. The van der Waals surface area contributed by atoms with Crippen LogP contribution in [0.4, 0.5) is 11.6 Å². The van der Waals surface area contributed by atoms with E-state index in [2.05, 4.69) is 20.2 Å². The quantitative estimate of drug-likeness (QED) is 0.755. The van der Waals surface area contributed by atoms with Crippen LogP contribution in [0.15, 0.2) is 42.7 Å². The molecule has 0 radical (unpaired) electrons. The van der Waals surface area contributed by atoms with E-state index in [1.165, 1.54) is 0 Å². The molecule has 24 heavy (non-hydrogen) atoms. The van der Waals surface area contributed by atoms with Gasteiger partial charge in [-0.3, -0.25) is 4.79 Å². The minimum absolute atomic E-state index is 0.0946. The van der Waals surface area contributed by atoms with Gasteiger partial charge < -0.3 is 15.1 Å². The van der Waals surface area contributed by atoms with Gasteiger partial charge in [0.25, 0.3) is 5.91 Å². The number of hydrogen-bond donors (Lipinski definition) is 1. The standard InChI is InChI=1S/C18H25N5O/c1-4-23(16-9-6-5-7-10-16)17(24)15-13-20-18(21-14-15)19-11-8-12-22(2)3/h5-7,9-10,13-14H,4,8,11-12H2,1-3H3,(H,19,20,21). The van der Waals surface area contributed by atoms with Crippen LogP contribution in [-0.2, 0) is 0 Å². The topological polar surface area (TPSA) is 61.4 Å². The van der Waals surface area contributed by atoms with Crippen molar-refractivity contribution in [2.45, 2.75) is 13.3 Å². The maximum absolute atomic E-state index is 12.6. The molecule has 6 nitrogen and oxygen atoms in total. The number of rotatable bonds is 8. The molecule has 0 aliphatic heterocycles. The van der Waals surface area contributed by atoms with E-state index < -0.39 is 0 Å². The zero-order valence-corrected chi connectivity index (χ0v) is 14.6. The predicted molar refractivity (Wildman–Crippen MR) is 97.5 cm³/mol. The molecule has 0 aliphatic carbocycles. The van der Waals surface area contributed by atoms with Gasteiger partial charge in [0.15, 0.2) is 0 Å². The Labute approximate surface area is 143 Å². The number of carbonyl (C=O) groups excluding carboxylic acids is 1. The Morgan fingerprint density at radius 2 is 1.79 bits per heavy atom. The first-order valence-electron chi connectivity index (χ1n) is 8.19. The van der Waals surface area contributed by atoms with Crippen LogP contribution in [0.25, 0.3) is 0 Å². The number of nitrogens with one attached hydrogen (secondary N) is 1. The lowest BCUT2D eigenvalue weighted by atomic mass is 10.2. The molecular formula is C18H25N5O. The van der Waals surface area contributed by atoms with E-state index in [0.717, 1.165) is 25.2 Å². The third kappa shape index (κ3) is 5.03. The van der Waals surface area contributed by atoms with Crippen LogP contribution >= 0.6 is 0 Å². The average molecular weight is 327 g/mol. The van der Waals surface area contributed by atoms with Gasteiger partial charge in [-0.1, -0.05) is 18.2 Å². The minimum atomic E-state index is -0.0946. The Kier molecular flexibility index (Phi) is 6.69. The summed E-state index contributed by atoms with van der Waals surface area (Å²) in [7, 11) is 4.09. The van der Waals surface area contributed by atoms with Crippen molar-refractivity contribution in [3.05, 3.63) is 48.3 Å². The minimum Gasteiger partial charge on any atom is -0.354 e. The number of hydrogen-bond acceptors (Lipinski definition) is 5. The van der Waals surface area contributed by atoms with Crippen LogP contribution in [0, 0.1) is 0 Å². The van der Waals surface area contributed by atoms with Gasteiger partial charge in [0.2, 0.25) is 5.95 Å². The summed E-state index contributed by atoms with van der Waals surface area (Å²) in [4.78, 5) is 25.0. The van der Waals surface area contributed by atoms with E-state index in [1.54, 1.807) is 17.3 Å². The SMILES string of the molecule is CCN(C(=O)c1cnc(NCCCN(C)C)nc1)c1ccccc1. The second-order valence-electron chi connectivity index (χ2n) is 5.76. The fourth-order valence-electron chi connectivity index (χ4n) is 2.33. The summed E-state index contributed by atoms with van der Waals surface area (Å²) >= 11 is 0. The number of para-hydroxylation sites is 1. The monoisotopic (exact) mass is 327 g/mol. The Morgan fingerprint density at radius 1 is 1.12 bits per heavy atom. The Bertz CT molecular complexity index is 628. The first kappa shape index (κ1) is 17.9. The number of carbonyl (C=O) groups is 1. The van der Waals surface area contributed by atoms with Gasteiger partial charge in [0.05, 0.1) is 5.56 Å². The summed E-state index contributed by atoms with van der Waals surface area (Å²) in [5.74, 6) is 0.455. The second kappa shape index (κ2) is 8.98. The molecule has 0 atom stereocenters. The highest BCUT2D eigenvalue weighted by atomic mass is 16.2. The maximum Gasteiger partial charge on any atom is 0.261 e.